The molecule has 0 unspecified atom stereocenters. The molecular formula is C18H23NO4. The van der Waals surface area contributed by atoms with Gasteiger partial charge >= 0.3 is 11.9 Å². The van der Waals surface area contributed by atoms with Crippen molar-refractivity contribution in [1.82, 2.24) is 4.90 Å². The first kappa shape index (κ1) is 17.1. The highest BCUT2D eigenvalue weighted by atomic mass is 16.5. The molecule has 0 saturated heterocycles. The average Bonchev–Trinajstić information content (AvgIpc) is 2.68. The molecule has 1 aromatic rings. The Kier molecular flexibility index (Phi) is 4.24. The number of ether oxygens (including phenoxy) is 2. The van der Waals surface area contributed by atoms with E-state index in [-0.39, 0.29) is 5.70 Å². The summed E-state index contributed by atoms with van der Waals surface area (Å²) in [5.74, 6) is -1.16. The van der Waals surface area contributed by atoms with Gasteiger partial charge in [0.1, 0.15) is 5.70 Å². The normalized spacial score (nSPS) is 18.3. The fraction of sp³-hybridized carbons (Fsp3) is 0.444. The predicted molar refractivity (Wildman–Crippen MR) is 86.4 cm³/mol. The van der Waals surface area contributed by atoms with Gasteiger partial charge in [-0.1, -0.05) is 24.3 Å². The number of carbonyl (C=O) groups excluding carboxylic acids is 2. The Hall–Kier alpha value is -2.30. The second kappa shape index (κ2) is 5.72. The molecule has 0 amide bonds. The molecule has 5 nitrogen and oxygen atoms in total. The van der Waals surface area contributed by atoms with Crippen LogP contribution >= 0.6 is 0 Å². The summed E-state index contributed by atoms with van der Waals surface area (Å²) in [4.78, 5) is 26.0. The molecule has 5 heteroatoms. The second-order valence-electron chi connectivity index (χ2n) is 6.54. The zero-order chi connectivity index (χ0) is 17.4. The van der Waals surface area contributed by atoms with Crippen LogP contribution in [-0.2, 0) is 30.1 Å². The van der Waals surface area contributed by atoms with Crippen molar-refractivity contribution in [3.63, 3.8) is 0 Å². The van der Waals surface area contributed by atoms with Crippen molar-refractivity contribution in [1.29, 1.82) is 0 Å². The lowest BCUT2D eigenvalue weighted by atomic mass is 9.91. The fourth-order valence-electron chi connectivity index (χ4n) is 3.58. The molecule has 0 bridgehead atoms. The van der Waals surface area contributed by atoms with E-state index in [0.29, 0.717) is 0 Å². The Balaban J connectivity index is 2.67. The van der Waals surface area contributed by atoms with E-state index in [2.05, 4.69) is 0 Å². The first-order valence-electron chi connectivity index (χ1n) is 7.46. The van der Waals surface area contributed by atoms with Crippen LogP contribution in [0.3, 0.4) is 0 Å². The second-order valence-corrected chi connectivity index (χ2v) is 6.54. The number of nitrogens with zero attached hydrogens (tertiary/aromatic N) is 1. The van der Waals surface area contributed by atoms with Crippen molar-refractivity contribution in [3.05, 3.63) is 47.2 Å². The number of hydrogen-bond donors (Lipinski definition) is 0. The number of methoxy groups -OCH3 is 2. The van der Waals surface area contributed by atoms with Crippen molar-refractivity contribution in [3.8, 4) is 0 Å². The van der Waals surface area contributed by atoms with Crippen LogP contribution < -0.4 is 0 Å². The molecule has 0 spiro atoms. The Morgan fingerprint density at radius 3 is 1.83 bits per heavy atom. The van der Waals surface area contributed by atoms with E-state index in [1.54, 1.807) is 0 Å². The Morgan fingerprint density at radius 2 is 1.43 bits per heavy atom. The van der Waals surface area contributed by atoms with Crippen LogP contribution in [0, 0.1) is 0 Å². The number of rotatable bonds is 3. The van der Waals surface area contributed by atoms with Crippen LogP contribution in [-0.4, -0.2) is 31.1 Å². The summed E-state index contributed by atoms with van der Waals surface area (Å²) >= 11 is 0. The van der Waals surface area contributed by atoms with E-state index in [1.807, 2.05) is 56.9 Å². The summed E-state index contributed by atoms with van der Waals surface area (Å²) in [5.41, 5.74) is 1.46. The van der Waals surface area contributed by atoms with Gasteiger partial charge in [-0.25, -0.2) is 9.59 Å². The lowest BCUT2D eigenvalue weighted by Crippen LogP contribution is -2.47. The van der Waals surface area contributed by atoms with Crippen molar-refractivity contribution in [2.45, 2.75) is 38.8 Å². The molecule has 2 rings (SSSR count). The maximum atomic E-state index is 12.3. The third-order valence-corrected chi connectivity index (χ3v) is 4.45. The van der Waals surface area contributed by atoms with Gasteiger partial charge in [-0.3, -0.25) is 0 Å². The number of benzene rings is 1. The van der Waals surface area contributed by atoms with Crippen LogP contribution in [0.4, 0.5) is 0 Å². The summed E-state index contributed by atoms with van der Waals surface area (Å²) in [7, 11) is 2.58. The average molecular weight is 317 g/mol. The molecule has 124 valence electrons. The molecule has 23 heavy (non-hydrogen) atoms. The maximum absolute atomic E-state index is 12.3. The lowest BCUT2D eigenvalue weighted by molar-refractivity contribution is -0.142. The minimum atomic E-state index is -0.590. The van der Waals surface area contributed by atoms with Crippen molar-refractivity contribution >= 4 is 11.9 Å². The van der Waals surface area contributed by atoms with Crippen LogP contribution in [0.15, 0.2) is 36.0 Å². The van der Waals surface area contributed by atoms with Crippen LogP contribution in [0.25, 0.3) is 0 Å². The number of esters is 2. The summed E-state index contributed by atoms with van der Waals surface area (Å²) in [6.45, 7) is 8.09. The van der Waals surface area contributed by atoms with E-state index < -0.39 is 23.0 Å². The standard InChI is InChI=1S/C18H23NO4/c1-17(2)12-9-7-8-10-13(12)18(3,4)19(17)14(16(21)23-6)11-15(20)22-5/h7-11H,1-6H3/b14-11+. The maximum Gasteiger partial charge on any atom is 0.354 e. The zero-order valence-corrected chi connectivity index (χ0v) is 14.5. The van der Waals surface area contributed by atoms with Gasteiger partial charge < -0.3 is 14.4 Å². The predicted octanol–water partition coefficient (Wildman–Crippen LogP) is 2.70. The van der Waals surface area contributed by atoms with Crippen LogP contribution in [0.5, 0.6) is 0 Å². The highest BCUT2D eigenvalue weighted by Crippen LogP contribution is 2.51. The molecule has 0 saturated carbocycles. The highest BCUT2D eigenvalue weighted by molar-refractivity contribution is 5.96. The molecule has 1 aliphatic heterocycles. The van der Waals surface area contributed by atoms with E-state index in [9.17, 15) is 9.59 Å². The summed E-state index contributed by atoms with van der Waals surface area (Å²) in [5, 5.41) is 0. The minimum absolute atomic E-state index is 0.186. The zero-order valence-electron chi connectivity index (χ0n) is 14.5. The molecule has 0 N–H and O–H groups in total. The smallest absolute Gasteiger partial charge is 0.354 e. The van der Waals surface area contributed by atoms with Gasteiger partial charge in [-0.2, -0.15) is 0 Å². The first-order valence-corrected chi connectivity index (χ1v) is 7.46. The van der Waals surface area contributed by atoms with Crippen molar-refractivity contribution in [2.24, 2.45) is 0 Å². The van der Waals surface area contributed by atoms with Gasteiger partial charge in [0.05, 0.1) is 31.4 Å². The van der Waals surface area contributed by atoms with Gasteiger partial charge in [0.15, 0.2) is 0 Å². The summed E-state index contributed by atoms with van der Waals surface area (Å²) in [6.07, 6.45) is 1.20. The molecule has 1 aromatic carbocycles. The molecule has 0 radical (unpaired) electrons. The molecular weight excluding hydrogens is 294 g/mol. The van der Waals surface area contributed by atoms with Crippen LogP contribution in [0.1, 0.15) is 38.8 Å². The fourth-order valence-corrected chi connectivity index (χ4v) is 3.58. The minimum Gasteiger partial charge on any atom is -0.466 e. The topological polar surface area (TPSA) is 55.8 Å². The molecule has 1 heterocycles. The summed E-state index contributed by atoms with van der Waals surface area (Å²) in [6, 6.07) is 8.04. The molecule has 0 aliphatic carbocycles. The van der Waals surface area contributed by atoms with Crippen LogP contribution in [0.2, 0.25) is 0 Å². The molecule has 0 fully saturated rings. The third-order valence-electron chi connectivity index (χ3n) is 4.45. The third kappa shape index (κ3) is 2.60. The highest BCUT2D eigenvalue weighted by Gasteiger charge is 2.51. The Morgan fingerprint density at radius 1 is 0.957 bits per heavy atom. The monoisotopic (exact) mass is 317 g/mol. The summed E-state index contributed by atoms with van der Waals surface area (Å²) < 4.78 is 9.60. The lowest BCUT2D eigenvalue weighted by Gasteiger charge is -2.43. The van der Waals surface area contributed by atoms with E-state index in [4.69, 9.17) is 9.47 Å². The van der Waals surface area contributed by atoms with E-state index in [0.717, 1.165) is 11.1 Å². The SMILES string of the molecule is COC(=O)/C=C(\C(=O)OC)N1C(C)(C)c2ccccc2C1(C)C. The van der Waals surface area contributed by atoms with Gasteiger partial charge in [0.25, 0.3) is 0 Å². The van der Waals surface area contributed by atoms with Crippen molar-refractivity contribution < 1.29 is 19.1 Å². The first-order chi connectivity index (χ1) is 10.7. The van der Waals surface area contributed by atoms with E-state index in [1.165, 1.54) is 20.3 Å². The van der Waals surface area contributed by atoms with Gasteiger partial charge in [-0.15, -0.1) is 0 Å². The van der Waals surface area contributed by atoms with E-state index >= 15 is 0 Å². The quantitative estimate of drug-likeness (QED) is 0.634. The molecule has 0 aromatic heterocycles. The number of fused-ring (bicyclic) bond motifs is 1. The van der Waals surface area contributed by atoms with Gasteiger partial charge in [0, 0.05) is 0 Å². The molecule has 0 atom stereocenters. The Labute approximate surface area is 136 Å². The molecule has 1 aliphatic rings. The van der Waals surface area contributed by atoms with Crippen molar-refractivity contribution in [2.75, 3.05) is 14.2 Å². The Bertz CT molecular complexity index is 638. The van der Waals surface area contributed by atoms with Gasteiger partial charge in [-0.05, 0) is 38.8 Å². The van der Waals surface area contributed by atoms with Gasteiger partial charge in [0.2, 0.25) is 0 Å². The largest absolute Gasteiger partial charge is 0.466 e. The number of carbonyl (C=O) groups is 2. The number of hydrogen-bond acceptors (Lipinski definition) is 5.